The van der Waals surface area contributed by atoms with Gasteiger partial charge in [-0.1, -0.05) is 110 Å². The summed E-state index contributed by atoms with van der Waals surface area (Å²) in [5.74, 6) is -1.78. The summed E-state index contributed by atoms with van der Waals surface area (Å²) in [6, 6.07) is 0. The number of imidazole rings is 1. The minimum Gasteiger partial charge on any atom is -0.392 e. The summed E-state index contributed by atoms with van der Waals surface area (Å²) < 4.78 is 62.4. The van der Waals surface area contributed by atoms with Gasteiger partial charge in [0.2, 0.25) is 11.8 Å². The van der Waals surface area contributed by atoms with Crippen molar-refractivity contribution in [3.63, 3.8) is 0 Å². The van der Waals surface area contributed by atoms with Gasteiger partial charge in [0.15, 0.2) is 22.8 Å². The number of rotatable bonds is 33. The number of carbonyl (C=O) groups is 3. The van der Waals surface area contributed by atoms with Gasteiger partial charge in [-0.15, -0.1) is 0 Å². The molecule has 0 saturated carbocycles. The number of hydrogen-bond donors (Lipinski definition) is 10. The Labute approximate surface area is 393 Å². The van der Waals surface area contributed by atoms with E-state index < -0.39 is 96.6 Å². The van der Waals surface area contributed by atoms with Gasteiger partial charge in [-0.25, -0.2) is 28.6 Å². The van der Waals surface area contributed by atoms with Gasteiger partial charge in [0.05, 0.1) is 31.6 Å². The van der Waals surface area contributed by atoms with Gasteiger partial charge < -0.3 is 56.0 Å². The Bertz CT molecular complexity index is 2030. The van der Waals surface area contributed by atoms with Crippen molar-refractivity contribution in [3.05, 3.63) is 12.7 Å². The van der Waals surface area contributed by atoms with Crippen LogP contribution in [0.2, 0.25) is 0 Å². The topological polar surface area (TPSA) is 384 Å². The highest BCUT2D eigenvalue weighted by Gasteiger charge is 2.50. The number of unbranched alkanes of at least 4 members (excludes halogenated alkanes) is 10. The number of nitrogens with zero attached hydrogens (tertiary/aromatic N) is 4. The summed E-state index contributed by atoms with van der Waals surface area (Å²) in [6.45, 7) is 4.29. The maximum Gasteiger partial charge on any atom is 0.481 e. The number of ether oxygens (including phenoxy) is 1. The lowest BCUT2D eigenvalue weighted by molar-refractivity contribution is -0.137. The van der Waals surface area contributed by atoms with Crippen molar-refractivity contribution in [3.8, 4) is 0 Å². The Hall–Kier alpha value is -2.48. The third-order valence-electron chi connectivity index (χ3n) is 10.8. The van der Waals surface area contributed by atoms with E-state index in [1.54, 1.807) is 6.92 Å². The molecule has 0 spiro atoms. The summed E-state index contributed by atoms with van der Waals surface area (Å²) in [4.78, 5) is 88.8. The summed E-state index contributed by atoms with van der Waals surface area (Å²) in [5, 5.41) is 36.9. The first-order valence-corrected chi connectivity index (χ1v) is 27.6. The van der Waals surface area contributed by atoms with Crippen LogP contribution >= 0.6 is 35.2 Å². The maximum atomic E-state index is 12.7. The normalized spacial score (nSPS) is 21.1. The standard InChI is InChI=1S/C38H68N7O18P3S/c1-5-6-7-8-9-10-11-12-13-14-15-16-26(46)25(2)37(51)67-20-19-40-28(47)17-18-41-35(50)32(49)38(3,4)22-60-66(57,58)63-65(55,56)59-21-27-31(62-64(52,53)54)30(48)36(61-27)45-24-44-29-33(39)42-23-43-34(29)45/h23-27,30-32,36,46,48-49H,5-22H2,1-4H3,(H,40,47)(H,41,50)(H,55,56)(H,57,58)(H2,39,42,43)(H2,52,53,54)/t25-,26+,27-,30-,31-,32+,36-/m1/s1. The van der Waals surface area contributed by atoms with Gasteiger partial charge in [0.1, 0.15) is 36.3 Å². The van der Waals surface area contributed by atoms with Crippen molar-refractivity contribution in [2.24, 2.45) is 11.3 Å². The maximum absolute atomic E-state index is 12.7. The molecule has 9 atom stereocenters. The number of carbonyl (C=O) groups excluding carboxylic acids is 3. The molecule has 1 aliphatic heterocycles. The number of thioether (sulfide) groups is 1. The van der Waals surface area contributed by atoms with Gasteiger partial charge in [0, 0.05) is 30.7 Å². The Morgan fingerprint density at radius 1 is 0.910 bits per heavy atom. The van der Waals surface area contributed by atoms with Gasteiger partial charge in [-0.3, -0.25) is 32.5 Å². The number of nitrogen functional groups attached to an aromatic ring is 1. The minimum atomic E-state index is -5.59. The van der Waals surface area contributed by atoms with Crippen molar-refractivity contribution in [1.82, 2.24) is 30.2 Å². The quantitative estimate of drug-likeness (QED) is 0.0362. The summed E-state index contributed by atoms with van der Waals surface area (Å²) in [7, 11) is -16.4. The Morgan fingerprint density at radius 3 is 2.15 bits per heavy atom. The summed E-state index contributed by atoms with van der Waals surface area (Å²) in [5.41, 5.74) is 4.25. The van der Waals surface area contributed by atoms with E-state index >= 15 is 0 Å². The van der Waals surface area contributed by atoms with Crippen LogP contribution in [0.25, 0.3) is 11.2 Å². The predicted molar refractivity (Wildman–Crippen MR) is 243 cm³/mol. The molecule has 11 N–H and O–H groups in total. The van der Waals surface area contributed by atoms with Crippen LogP contribution in [-0.2, 0) is 50.7 Å². The number of hydrogen-bond acceptors (Lipinski definition) is 19. The molecule has 0 radical (unpaired) electrons. The fourth-order valence-corrected chi connectivity index (χ4v) is 10.5. The molecule has 2 aromatic heterocycles. The smallest absolute Gasteiger partial charge is 0.392 e. The Kier molecular flexibility index (Phi) is 24.4. The van der Waals surface area contributed by atoms with E-state index in [0.717, 1.165) is 48.2 Å². The molecule has 3 rings (SSSR count). The molecule has 1 fully saturated rings. The molecular weight excluding hydrogens is 967 g/mol. The molecule has 25 nitrogen and oxygen atoms in total. The van der Waals surface area contributed by atoms with Gasteiger partial charge in [-0.05, 0) is 6.42 Å². The number of nitrogens with one attached hydrogen (secondary N) is 2. The molecule has 0 aliphatic carbocycles. The molecule has 2 aromatic rings. The van der Waals surface area contributed by atoms with E-state index in [0.29, 0.717) is 6.42 Å². The second kappa shape index (κ2) is 27.8. The number of anilines is 1. The van der Waals surface area contributed by atoms with Gasteiger partial charge in [-0.2, -0.15) is 4.31 Å². The van der Waals surface area contributed by atoms with E-state index in [4.69, 9.17) is 19.5 Å². The molecule has 1 saturated heterocycles. The van der Waals surface area contributed by atoms with Crippen molar-refractivity contribution in [2.75, 3.05) is 37.8 Å². The third-order valence-corrected chi connectivity index (χ3v) is 15.0. The highest BCUT2D eigenvalue weighted by atomic mass is 32.2. The van der Waals surface area contributed by atoms with E-state index in [1.807, 2.05) is 0 Å². The number of aromatic nitrogens is 4. The Morgan fingerprint density at radius 2 is 1.52 bits per heavy atom. The molecule has 0 aromatic carbocycles. The number of nitrogens with two attached hydrogens (primary N) is 1. The van der Waals surface area contributed by atoms with Crippen LogP contribution in [0.4, 0.5) is 5.82 Å². The number of amides is 2. The van der Waals surface area contributed by atoms with Crippen molar-refractivity contribution in [2.45, 2.75) is 148 Å². The molecule has 2 amide bonds. The third kappa shape index (κ3) is 20.4. The van der Waals surface area contributed by atoms with Crippen LogP contribution in [0, 0.1) is 11.3 Å². The second-order valence-electron chi connectivity index (χ2n) is 16.9. The zero-order valence-electron chi connectivity index (χ0n) is 38.2. The van der Waals surface area contributed by atoms with Crippen LogP contribution in [0.1, 0.15) is 117 Å². The van der Waals surface area contributed by atoms with Crippen LogP contribution in [0.5, 0.6) is 0 Å². The number of phosphoric ester groups is 3. The fourth-order valence-electron chi connectivity index (χ4n) is 6.84. The van der Waals surface area contributed by atoms with Crippen LogP contribution in [0.15, 0.2) is 12.7 Å². The first-order valence-electron chi connectivity index (χ1n) is 22.1. The van der Waals surface area contributed by atoms with Crippen molar-refractivity contribution < 1.29 is 85.6 Å². The van der Waals surface area contributed by atoms with Crippen LogP contribution in [0.3, 0.4) is 0 Å². The second-order valence-corrected chi connectivity index (χ2v) is 22.3. The van der Waals surface area contributed by atoms with Crippen molar-refractivity contribution >= 4 is 69.1 Å². The molecular formula is C38H68N7O18P3S. The first kappa shape index (κ1) is 58.8. The molecule has 29 heteroatoms. The average Bonchev–Trinajstić information content (AvgIpc) is 3.81. The highest BCUT2D eigenvalue weighted by Crippen LogP contribution is 2.61. The summed E-state index contributed by atoms with van der Waals surface area (Å²) in [6.07, 6.45) is 5.92. The van der Waals surface area contributed by atoms with Gasteiger partial charge >= 0.3 is 23.5 Å². The van der Waals surface area contributed by atoms with E-state index in [9.17, 15) is 63.0 Å². The van der Waals surface area contributed by atoms with Crippen LogP contribution in [-0.4, -0.2) is 134 Å². The summed E-state index contributed by atoms with van der Waals surface area (Å²) >= 11 is 1.01. The SMILES string of the molecule is CCCCCCCCCCCCC[C@H](O)[C@@H](C)C(=O)SCCNC(=O)CCNC(=O)[C@H](O)C(C)(C)COP(=O)(O)OP(=O)(O)OC[C@H]1O[C@@H](n2cnc3c(N)ncnc32)[C@H](O)[C@@H]1OP(=O)(O)O. The van der Waals surface area contributed by atoms with Crippen molar-refractivity contribution in [1.29, 1.82) is 0 Å². The Balaban J connectivity index is 1.35. The molecule has 0 bridgehead atoms. The number of phosphoric acid groups is 3. The molecule has 2 unspecified atom stereocenters. The lowest BCUT2D eigenvalue weighted by atomic mass is 9.87. The van der Waals surface area contributed by atoms with E-state index in [1.165, 1.54) is 65.2 Å². The monoisotopic (exact) mass is 1040 g/mol. The first-order chi connectivity index (χ1) is 31.4. The zero-order chi connectivity index (χ0) is 50.0. The fraction of sp³-hybridized carbons (Fsp3) is 0.789. The lowest BCUT2D eigenvalue weighted by Crippen LogP contribution is -2.46. The van der Waals surface area contributed by atoms with E-state index in [-0.39, 0.29) is 47.4 Å². The lowest BCUT2D eigenvalue weighted by Gasteiger charge is -2.30. The predicted octanol–water partition coefficient (Wildman–Crippen LogP) is 3.36. The molecule has 384 valence electrons. The number of aliphatic hydroxyl groups is 3. The average molecular weight is 1040 g/mol. The highest BCUT2D eigenvalue weighted by molar-refractivity contribution is 8.13. The van der Waals surface area contributed by atoms with Gasteiger partial charge in [0.25, 0.3) is 0 Å². The number of fused-ring (bicyclic) bond motifs is 1. The largest absolute Gasteiger partial charge is 0.481 e. The number of aliphatic hydroxyl groups excluding tert-OH is 3. The molecule has 1 aliphatic rings. The van der Waals surface area contributed by atoms with E-state index in [2.05, 4.69) is 41.3 Å². The van der Waals surface area contributed by atoms with Crippen LogP contribution < -0.4 is 16.4 Å². The zero-order valence-corrected chi connectivity index (χ0v) is 41.7. The minimum absolute atomic E-state index is 0.0278. The molecule has 3 heterocycles. The molecule has 67 heavy (non-hydrogen) atoms.